The first-order valence-electron chi connectivity index (χ1n) is 6.54. The van der Waals surface area contributed by atoms with E-state index in [-0.39, 0.29) is 12.5 Å². The van der Waals surface area contributed by atoms with Crippen LogP contribution in [-0.4, -0.2) is 41.8 Å². The first kappa shape index (κ1) is 16.2. The first-order valence-corrected chi connectivity index (χ1v) is 8.53. The van der Waals surface area contributed by atoms with Crippen molar-refractivity contribution in [3.05, 3.63) is 19.8 Å². The number of carbonyl (C=O) groups is 1. The van der Waals surface area contributed by atoms with Gasteiger partial charge in [0.05, 0.1) is 19.1 Å². The van der Waals surface area contributed by atoms with Gasteiger partial charge < -0.3 is 9.84 Å². The van der Waals surface area contributed by atoms with Crippen LogP contribution in [0.4, 0.5) is 0 Å². The van der Waals surface area contributed by atoms with E-state index in [2.05, 4.69) is 26.9 Å². The average Bonchev–Trinajstić information content (AvgIpc) is 2.70. The van der Waals surface area contributed by atoms with E-state index < -0.39 is 5.97 Å². The minimum Gasteiger partial charge on any atom is -0.481 e. The maximum absolute atomic E-state index is 10.4. The van der Waals surface area contributed by atoms with E-state index in [0.29, 0.717) is 6.61 Å². The van der Waals surface area contributed by atoms with Crippen LogP contribution in [0.15, 0.2) is 10.5 Å². The zero-order valence-electron chi connectivity index (χ0n) is 11.0. The summed E-state index contributed by atoms with van der Waals surface area (Å²) in [6.07, 6.45) is 2.20. The number of piperidine rings is 1. The molecule has 0 saturated carbocycles. The Morgan fingerprint density at radius 2 is 2.25 bits per heavy atom. The van der Waals surface area contributed by atoms with E-state index in [1.165, 1.54) is 4.88 Å². The summed E-state index contributed by atoms with van der Waals surface area (Å²) in [5.74, 6) is -0.803. The molecule has 1 aromatic heterocycles. The summed E-state index contributed by atoms with van der Waals surface area (Å²) < 4.78 is 7.34. The van der Waals surface area contributed by atoms with Crippen molar-refractivity contribution in [1.82, 2.24) is 4.90 Å². The number of aliphatic carboxylic acids is 1. The quantitative estimate of drug-likeness (QED) is 0.816. The zero-order chi connectivity index (χ0) is 14.5. The number of hydrogen-bond acceptors (Lipinski definition) is 4. The molecule has 1 N–H and O–H groups in total. The van der Waals surface area contributed by atoms with Gasteiger partial charge in [-0.2, -0.15) is 0 Å². The molecule has 0 unspecified atom stereocenters. The molecule has 0 amide bonds. The van der Waals surface area contributed by atoms with Crippen molar-refractivity contribution in [2.24, 2.45) is 0 Å². The minimum absolute atomic E-state index is 0.0853. The molecule has 0 aliphatic carbocycles. The lowest BCUT2D eigenvalue weighted by molar-refractivity contribution is -0.138. The fourth-order valence-electron chi connectivity index (χ4n) is 2.24. The van der Waals surface area contributed by atoms with Crippen LogP contribution in [0.3, 0.4) is 0 Å². The monoisotopic (exact) mass is 381 g/mol. The molecule has 1 aliphatic heterocycles. The second-order valence-corrected chi connectivity index (χ2v) is 7.42. The third-order valence-electron chi connectivity index (χ3n) is 3.28. The summed E-state index contributed by atoms with van der Waals surface area (Å²) in [7, 11) is 0. The van der Waals surface area contributed by atoms with Gasteiger partial charge in [0.25, 0.3) is 0 Å². The molecule has 4 nitrogen and oxygen atoms in total. The van der Waals surface area contributed by atoms with Crippen molar-refractivity contribution in [3.63, 3.8) is 0 Å². The molecular formula is C13H17BrClNO3S. The zero-order valence-corrected chi connectivity index (χ0v) is 14.1. The van der Waals surface area contributed by atoms with Crippen molar-refractivity contribution >= 4 is 44.8 Å². The van der Waals surface area contributed by atoms with Crippen LogP contribution in [-0.2, 0) is 16.1 Å². The van der Waals surface area contributed by atoms with Gasteiger partial charge in [0.15, 0.2) is 0 Å². The summed E-state index contributed by atoms with van der Waals surface area (Å²) >= 11 is 11.1. The predicted octanol–water partition coefficient (Wildman–Crippen LogP) is 3.62. The van der Waals surface area contributed by atoms with Crippen LogP contribution in [0.2, 0.25) is 4.34 Å². The number of rotatable bonds is 6. The van der Waals surface area contributed by atoms with Gasteiger partial charge in [-0.3, -0.25) is 9.69 Å². The van der Waals surface area contributed by atoms with Gasteiger partial charge in [0.1, 0.15) is 4.34 Å². The number of carboxylic acid groups (broad SMARTS) is 1. The van der Waals surface area contributed by atoms with Gasteiger partial charge in [-0.1, -0.05) is 11.6 Å². The van der Waals surface area contributed by atoms with E-state index >= 15 is 0 Å². The van der Waals surface area contributed by atoms with Gasteiger partial charge in [-0.05, 0) is 34.8 Å². The molecule has 7 heteroatoms. The molecule has 0 aromatic carbocycles. The number of hydrogen-bond donors (Lipinski definition) is 1. The second-order valence-electron chi connectivity index (χ2n) is 4.82. The number of nitrogens with zero attached hydrogens (tertiary/aromatic N) is 1. The molecule has 20 heavy (non-hydrogen) atoms. The summed E-state index contributed by atoms with van der Waals surface area (Å²) in [5, 5.41) is 8.57. The highest BCUT2D eigenvalue weighted by Gasteiger charge is 2.20. The van der Waals surface area contributed by atoms with E-state index in [4.69, 9.17) is 21.4 Å². The van der Waals surface area contributed by atoms with E-state index in [0.717, 1.165) is 41.3 Å². The van der Waals surface area contributed by atoms with Gasteiger partial charge in [-0.15, -0.1) is 11.3 Å². The predicted molar refractivity (Wildman–Crippen MR) is 83.5 cm³/mol. The minimum atomic E-state index is -0.803. The van der Waals surface area contributed by atoms with Crippen molar-refractivity contribution in [2.75, 3.05) is 19.7 Å². The largest absolute Gasteiger partial charge is 0.481 e. The lowest BCUT2D eigenvalue weighted by Gasteiger charge is -2.31. The Morgan fingerprint density at radius 3 is 2.80 bits per heavy atom. The maximum Gasteiger partial charge on any atom is 0.305 e. The fourth-order valence-corrected chi connectivity index (χ4v) is 4.07. The molecule has 1 fully saturated rings. The van der Waals surface area contributed by atoms with Gasteiger partial charge in [-0.25, -0.2) is 0 Å². The summed E-state index contributed by atoms with van der Waals surface area (Å²) in [6, 6.07) is 2.07. The molecule has 2 heterocycles. The number of ether oxygens (including phenoxy) is 1. The molecule has 1 aliphatic rings. The summed E-state index contributed by atoms with van der Waals surface area (Å²) in [5.41, 5.74) is 0. The lowest BCUT2D eigenvalue weighted by Crippen LogP contribution is -2.36. The van der Waals surface area contributed by atoms with E-state index in [1.54, 1.807) is 11.3 Å². The molecule has 112 valence electrons. The van der Waals surface area contributed by atoms with Crippen LogP contribution < -0.4 is 0 Å². The van der Waals surface area contributed by atoms with Crippen LogP contribution in [0.25, 0.3) is 0 Å². The van der Waals surface area contributed by atoms with Crippen LogP contribution in [0.1, 0.15) is 24.1 Å². The third kappa shape index (κ3) is 5.00. The lowest BCUT2D eigenvalue weighted by atomic mass is 10.1. The highest BCUT2D eigenvalue weighted by molar-refractivity contribution is 9.10. The van der Waals surface area contributed by atoms with Crippen LogP contribution in [0.5, 0.6) is 0 Å². The Labute approximate surface area is 135 Å². The van der Waals surface area contributed by atoms with Gasteiger partial charge >= 0.3 is 5.97 Å². The number of carboxylic acids is 1. The molecule has 1 saturated heterocycles. The molecule has 2 rings (SSSR count). The number of likely N-dealkylation sites (tertiary alicyclic amines) is 1. The fraction of sp³-hybridized carbons (Fsp3) is 0.615. The van der Waals surface area contributed by atoms with Crippen molar-refractivity contribution in [1.29, 1.82) is 0 Å². The maximum atomic E-state index is 10.4. The number of halogens is 2. The Bertz CT molecular complexity index is 441. The van der Waals surface area contributed by atoms with Gasteiger partial charge in [0.2, 0.25) is 0 Å². The van der Waals surface area contributed by atoms with Crippen molar-refractivity contribution < 1.29 is 14.6 Å². The first-order chi connectivity index (χ1) is 9.54. The topological polar surface area (TPSA) is 49.8 Å². The molecule has 0 atom stereocenters. The van der Waals surface area contributed by atoms with Crippen LogP contribution in [0, 0.1) is 0 Å². The van der Waals surface area contributed by atoms with E-state index in [9.17, 15) is 4.79 Å². The molecule has 1 aromatic rings. The molecule has 0 spiro atoms. The normalized spacial score (nSPS) is 17.5. The molecule has 0 radical (unpaired) electrons. The second kappa shape index (κ2) is 7.75. The summed E-state index contributed by atoms with van der Waals surface area (Å²) in [6.45, 7) is 3.18. The standard InChI is InChI=1S/C13H17BrClNO3S/c14-11-7-10(20-13(11)15)8-16-4-1-9(2-5-16)19-6-3-12(17)18/h7,9H,1-6,8H2,(H,17,18). The Morgan fingerprint density at radius 1 is 1.55 bits per heavy atom. The Kier molecular flexibility index (Phi) is 6.29. The number of thiophene rings is 1. The average molecular weight is 383 g/mol. The van der Waals surface area contributed by atoms with Gasteiger partial charge in [0, 0.05) is 29.0 Å². The molecule has 0 bridgehead atoms. The Balaban J connectivity index is 1.70. The smallest absolute Gasteiger partial charge is 0.305 e. The molecular weight excluding hydrogens is 366 g/mol. The third-order valence-corrected chi connectivity index (χ3v) is 5.74. The van der Waals surface area contributed by atoms with Crippen molar-refractivity contribution in [3.8, 4) is 0 Å². The van der Waals surface area contributed by atoms with Crippen molar-refractivity contribution in [2.45, 2.75) is 31.9 Å². The highest BCUT2D eigenvalue weighted by atomic mass is 79.9. The Hall–Kier alpha value is -0.140. The van der Waals surface area contributed by atoms with Crippen LogP contribution >= 0.6 is 38.9 Å². The van der Waals surface area contributed by atoms with E-state index in [1.807, 2.05) is 0 Å². The highest BCUT2D eigenvalue weighted by Crippen LogP contribution is 2.33. The summed E-state index contributed by atoms with van der Waals surface area (Å²) in [4.78, 5) is 14.1. The SMILES string of the molecule is O=C(O)CCOC1CCN(Cc2cc(Br)c(Cl)s2)CC1.